The van der Waals surface area contributed by atoms with Gasteiger partial charge in [-0.25, -0.2) is 4.79 Å². The molecule has 9 heteroatoms. The summed E-state index contributed by atoms with van der Waals surface area (Å²) in [5.41, 5.74) is 1.24. The first-order valence-electron chi connectivity index (χ1n) is 9.23. The Morgan fingerprint density at radius 1 is 1.03 bits per heavy atom. The summed E-state index contributed by atoms with van der Waals surface area (Å²) in [6.07, 6.45) is 0.658. The molecule has 166 valence electrons. The SMILES string of the molecule is CN(C)C=O.COc1ccc(NC(=O)Cc2ccccc2C(=O)O)cc1C(=O)N(C)C. The van der Waals surface area contributed by atoms with Crippen molar-refractivity contribution in [3.63, 3.8) is 0 Å². The molecule has 2 aromatic rings. The van der Waals surface area contributed by atoms with E-state index in [2.05, 4.69) is 5.32 Å². The van der Waals surface area contributed by atoms with Crippen LogP contribution in [0.25, 0.3) is 0 Å². The third-order valence-electron chi connectivity index (χ3n) is 3.93. The fraction of sp³-hybridized carbons (Fsp3) is 0.273. The Morgan fingerprint density at radius 3 is 2.16 bits per heavy atom. The number of benzene rings is 2. The van der Waals surface area contributed by atoms with Crippen LogP contribution in [0.15, 0.2) is 42.5 Å². The number of rotatable bonds is 7. The summed E-state index contributed by atoms with van der Waals surface area (Å²) < 4.78 is 5.19. The van der Waals surface area contributed by atoms with Crippen molar-refractivity contribution in [1.29, 1.82) is 0 Å². The molecule has 31 heavy (non-hydrogen) atoms. The van der Waals surface area contributed by atoms with Gasteiger partial charge in [0.05, 0.1) is 24.7 Å². The Bertz CT molecular complexity index is 941. The number of carbonyl (C=O) groups excluding carboxylic acids is 3. The van der Waals surface area contributed by atoms with Gasteiger partial charge in [-0.2, -0.15) is 0 Å². The molecule has 3 amide bonds. The Balaban J connectivity index is 0.000000861. The average molecular weight is 429 g/mol. The van der Waals surface area contributed by atoms with Crippen LogP contribution in [-0.4, -0.2) is 74.4 Å². The van der Waals surface area contributed by atoms with Crippen molar-refractivity contribution in [2.75, 3.05) is 40.6 Å². The van der Waals surface area contributed by atoms with Crippen LogP contribution in [0.3, 0.4) is 0 Å². The lowest BCUT2D eigenvalue weighted by molar-refractivity contribution is -0.116. The first kappa shape index (κ1) is 25.2. The van der Waals surface area contributed by atoms with Gasteiger partial charge in [-0.3, -0.25) is 14.4 Å². The number of hydrogen-bond donors (Lipinski definition) is 2. The van der Waals surface area contributed by atoms with E-state index in [1.165, 1.54) is 29.0 Å². The zero-order valence-corrected chi connectivity index (χ0v) is 18.2. The number of amides is 3. The maximum Gasteiger partial charge on any atom is 0.335 e. The number of carbonyl (C=O) groups is 4. The summed E-state index contributed by atoms with van der Waals surface area (Å²) in [6, 6.07) is 11.1. The molecule has 0 aliphatic rings. The quantitative estimate of drug-likeness (QED) is 0.650. The Labute approximate surface area is 181 Å². The number of ether oxygens (including phenoxy) is 1. The fourth-order valence-electron chi connectivity index (χ4n) is 2.46. The van der Waals surface area contributed by atoms with Gasteiger partial charge >= 0.3 is 5.97 Å². The minimum atomic E-state index is -1.09. The molecule has 0 bridgehead atoms. The molecule has 0 fully saturated rings. The summed E-state index contributed by atoms with van der Waals surface area (Å²) in [5.74, 6) is -1.32. The van der Waals surface area contributed by atoms with Gasteiger partial charge in [0.15, 0.2) is 0 Å². The third kappa shape index (κ3) is 7.81. The van der Waals surface area contributed by atoms with Gasteiger partial charge < -0.3 is 25.0 Å². The van der Waals surface area contributed by atoms with Crippen molar-refractivity contribution < 1.29 is 29.0 Å². The van der Waals surface area contributed by atoms with Crippen LogP contribution in [0.5, 0.6) is 5.75 Å². The predicted octanol–water partition coefficient (Wildman–Crippen LogP) is 1.98. The molecule has 2 rings (SSSR count). The van der Waals surface area contributed by atoms with Gasteiger partial charge in [-0.05, 0) is 29.8 Å². The maximum absolute atomic E-state index is 12.3. The molecule has 0 radical (unpaired) electrons. The van der Waals surface area contributed by atoms with E-state index in [0.29, 0.717) is 22.6 Å². The lowest BCUT2D eigenvalue weighted by Gasteiger charge is -2.15. The highest BCUT2D eigenvalue weighted by Crippen LogP contribution is 2.24. The summed E-state index contributed by atoms with van der Waals surface area (Å²) >= 11 is 0. The smallest absolute Gasteiger partial charge is 0.335 e. The third-order valence-corrected chi connectivity index (χ3v) is 3.93. The molecule has 0 atom stereocenters. The van der Waals surface area contributed by atoms with Crippen molar-refractivity contribution in [2.24, 2.45) is 0 Å². The second kappa shape index (κ2) is 12.0. The Morgan fingerprint density at radius 2 is 1.65 bits per heavy atom. The van der Waals surface area contributed by atoms with Crippen LogP contribution in [-0.2, 0) is 16.0 Å². The number of anilines is 1. The summed E-state index contributed by atoms with van der Waals surface area (Å²) in [4.78, 5) is 48.0. The number of nitrogens with zero attached hydrogens (tertiary/aromatic N) is 2. The highest BCUT2D eigenvalue weighted by Gasteiger charge is 2.17. The zero-order valence-electron chi connectivity index (χ0n) is 18.2. The van der Waals surface area contributed by atoms with Gasteiger partial charge in [0.25, 0.3) is 5.91 Å². The average Bonchev–Trinajstić information content (AvgIpc) is 2.73. The highest BCUT2D eigenvalue weighted by molar-refractivity contribution is 6.00. The molecule has 0 heterocycles. The van der Waals surface area contributed by atoms with Crippen molar-refractivity contribution in [3.05, 3.63) is 59.2 Å². The molecule has 2 aromatic carbocycles. The predicted molar refractivity (Wildman–Crippen MR) is 116 cm³/mol. The fourth-order valence-corrected chi connectivity index (χ4v) is 2.46. The molecule has 9 nitrogen and oxygen atoms in total. The van der Waals surface area contributed by atoms with Crippen LogP contribution in [0.1, 0.15) is 26.3 Å². The van der Waals surface area contributed by atoms with E-state index in [9.17, 15) is 24.3 Å². The molecular weight excluding hydrogens is 402 g/mol. The number of methoxy groups -OCH3 is 1. The first-order valence-corrected chi connectivity index (χ1v) is 9.23. The van der Waals surface area contributed by atoms with Crippen molar-refractivity contribution in [2.45, 2.75) is 6.42 Å². The van der Waals surface area contributed by atoms with Crippen molar-refractivity contribution in [1.82, 2.24) is 9.80 Å². The van der Waals surface area contributed by atoms with E-state index < -0.39 is 5.97 Å². The first-order chi connectivity index (χ1) is 14.6. The normalized spacial score (nSPS) is 9.58. The minimum Gasteiger partial charge on any atom is -0.496 e. The van der Waals surface area contributed by atoms with Crippen LogP contribution < -0.4 is 10.1 Å². The summed E-state index contributed by atoms with van der Waals surface area (Å²) in [5, 5.41) is 11.9. The number of carboxylic acid groups (broad SMARTS) is 1. The number of hydrogen-bond acceptors (Lipinski definition) is 5. The van der Waals surface area contributed by atoms with Crippen LogP contribution in [0, 0.1) is 0 Å². The monoisotopic (exact) mass is 429 g/mol. The van der Waals surface area contributed by atoms with Crippen LogP contribution in [0.2, 0.25) is 0 Å². The van der Waals surface area contributed by atoms with Gasteiger partial charge in [0, 0.05) is 33.9 Å². The minimum absolute atomic E-state index is 0.0841. The number of aromatic carboxylic acids is 1. The number of carboxylic acids is 1. The second-order valence-corrected chi connectivity index (χ2v) is 6.87. The molecular formula is C22H27N3O6. The Hall–Kier alpha value is -3.88. The standard InChI is InChI=1S/C19H20N2O5.C3H7NO/c1-21(2)18(23)15-11-13(8-9-16(15)26-3)20-17(22)10-12-6-4-5-7-14(12)19(24)25;1-4(2)3-5/h4-9,11H,10H2,1-3H3,(H,20,22)(H,24,25);3H,1-2H3. The van der Waals surface area contributed by atoms with Crippen molar-refractivity contribution >= 4 is 29.9 Å². The van der Waals surface area contributed by atoms with E-state index in [1.807, 2.05) is 0 Å². The van der Waals surface area contributed by atoms with Gasteiger partial charge in [0.2, 0.25) is 12.3 Å². The van der Waals surface area contributed by atoms with E-state index in [1.54, 1.807) is 58.5 Å². The van der Waals surface area contributed by atoms with E-state index in [0.717, 1.165) is 6.41 Å². The molecule has 0 unspecified atom stereocenters. The van der Waals surface area contributed by atoms with Gasteiger partial charge in [-0.1, -0.05) is 18.2 Å². The van der Waals surface area contributed by atoms with E-state index in [-0.39, 0.29) is 23.8 Å². The van der Waals surface area contributed by atoms with Crippen molar-refractivity contribution in [3.8, 4) is 5.75 Å². The van der Waals surface area contributed by atoms with E-state index in [4.69, 9.17) is 4.74 Å². The summed E-state index contributed by atoms with van der Waals surface area (Å²) in [6.45, 7) is 0. The van der Waals surface area contributed by atoms with Crippen LogP contribution >= 0.6 is 0 Å². The second-order valence-electron chi connectivity index (χ2n) is 6.87. The highest BCUT2D eigenvalue weighted by atomic mass is 16.5. The largest absolute Gasteiger partial charge is 0.496 e. The lowest BCUT2D eigenvalue weighted by Crippen LogP contribution is -2.23. The van der Waals surface area contributed by atoms with Crippen LogP contribution in [0.4, 0.5) is 5.69 Å². The van der Waals surface area contributed by atoms with Gasteiger partial charge in [0.1, 0.15) is 5.75 Å². The number of nitrogens with one attached hydrogen (secondary N) is 1. The molecule has 0 aromatic heterocycles. The summed E-state index contributed by atoms with van der Waals surface area (Å²) in [7, 11) is 8.08. The molecule has 0 saturated carbocycles. The molecule has 0 saturated heterocycles. The molecule has 0 aliphatic heterocycles. The zero-order chi connectivity index (χ0) is 23.6. The molecule has 0 aliphatic carbocycles. The van der Waals surface area contributed by atoms with E-state index >= 15 is 0 Å². The maximum atomic E-state index is 12.3. The lowest BCUT2D eigenvalue weighted by atomic mass is 10.0. The molecule has 0 spiro atoms. The topological polar surface area (TPSA) is 116 Å². The molecule has 2 N–H and O–H groups in total. The Kier molecular flexibility index (Phi) is 9.71. The van der Waals surface area contributed by atoms with Gasteiger partial charge in [-0.15, -0.1) is 0 Å².